The average Bonchev–Trinajstić information content (AvgIpc) is 3.14. The molecule has 0 aliphatic carbocycles. The van der Waals surface area contributed by atoms with Gasteiger partial charge in [-0.2, -0.15) is 0 Å². The van der Waals surface area contributed by atoms with Gasteiger partial charge >= 0.3 is 0 Å². The lowest BCUT2D eigenvalue weighted by molar-refractivity contribution is 0.0918. The van der Waals surface area contributed by atoms with Crippen LogP contribution in [0.4, 0.5) is 0 Å². The Labute approximate surface area is 148 Å². The van der Waals surface area contributed by atoms with Crippen LogP contribution in [0.5, 0.6) is 0 Å². The van der Waals surface area contributed by atoms with Crippen LogP contribution in [-0.2, 0) is 13.6 Å². The van der Waals surface area contributed by atoms with Gasteiger partial charge in [0.2, 0.25) is 0 Å². The van der Waals surface area contributed by atoms with E-state index in [9.17, 15) is 4.79 Å². The topological polar surface area (TPSA) is 66.3 Å². The normalized spacial score (nSPS) is 21.0. The van der Waals surface area contributed by atoms with Crippen LogP contribution in [0.1, 0.15) is 16.2 Å². The van der Waals surface area contributed by atoms with Crippen LogP contribution in [-0.4, -0.2) is 70.0 Å². The highest BCUT2D eigenvalue weighted by atomic mass is 16.2. The van der Waals surface area contributed by atoms with E-state index in [0.717, 1.165) is 31.9 Å². The molecule has 3 rings (SSSR count). The van der Waals surface area contributed by atoms with Crippen LogP contribution in [0.25, 0.3) is 0 Å². The average molecular weight is 342 g/mol. The smallest absolute Gasteiger partial charge is 0.269 e. The number of pyridine rings is 1. The van der Waals surface area contributed by atoms with E-state index in [0.29, 0.717) is 11.6 Å². The number of carbonyl (C=O) groups is 1. The lowest BCUT2D eigenvalue weighted by Gasteiger charge is -2.22. The number of carbonyl (C=O) groups excluding carboxylic acids is 1. The molecule has 0 saturated carbocycles. The van der Waals surface area contributed by atoms with Gasteiger partial charge in [-0.15, -0.1) is 0 Å². The van der Waals surface area contributed by atoms with E-state index < -0.39 is 0 Å². The summed E-state index contributed by atoms with van der Waals surface area (Å²) in [5, 5.41) is 3.20. The van der Waals surface area contributed by atoms with E-state index in [1.54, 1.807) is 17.1 Å². The van der Waals surface area contributed by atoms with Crippen molar-refractivity contribution < 1.29 is 4.79 Å². The van der Waals surface area contributed by atoms with Crippen molar-refractivity contribution in [3.8, 4) is 0 Å². The van der Waals surface area contributed by atoms with Gasteiger partial charge in [0.1, 0.15) is 5.69 Å². The lowest BCUT2D eigenvalue weighted by Crippen LogP contribution is -2.43. The fourth-order valence-corrected chi connectivity index (χ4v) is 3.45. The van der Waals surface area contributed by atoms with Gasteiger partial charge in [-0.05, 0) is 26.2 Å². The van der Waals surface area contributed by atoms with Crippen LogP contribution in [0.3, 0.4) is 0 Å². The molecule has 1 aliphatic rings. The van der Waals surface area contributed by atoms with Crippen molar-refractivity contribution in [1.82, 2.24) is 29.7 Å². The van der Waals surface area contributed by atoms with Gasteiger partial charge in [0.25, 0.3) is 5.91 Å². The summed E-state index contributed by atoms with van der Waals surface area (Å²) < 4.78 is 1.75. The summed E-state index contributed by atoms with van der Waals surface area (Å²) in [7, 11) is 5.98. The summed E-state index contributed by atoms with van der Waals surface area (Å²) >= 11 is 0. The van der Waals surface area contributed by atoms with Gasteiger partial charge in [0.15, 0.2) is 0 Å². The molecule has 134 valence electrons. The molecule has 0 bridgehead atoms. The number of likely N-dealkylation sites (tertiary alicyclic amines) is 1. The molecule has 0 radical (unpaired) electrons. The summed E-state index contributed by atoms with van der Waals surface area (Å²) in [6.45, 7) is 3.53. The molecule has 25 heavy (non-hydrogen) atoms. The summed E-state index contributed by atoms with van der Waals surface area (Å²) in [6, 6.07) is 6.10. The maximum Gasteiger partial charge on any atom is 0.269 e. The first-order valence-electron chi connectivity index (χ1n) is 8.57. The fraction of sp³-hybridized carbons (Fsp3) is 0.500. The van der Waals surface area contributed by atoms with Gasteiger partial charge in [-0.3, -0.25) is 14.7 Å². The summed E-state index contributed by atoms with van der Waals surface area (Å²) in [5.41, 5.74) is 1.65. The molecule has 7 nitrogen and oxygen atoms in total. The largest absolute Gasteiger partial charge is 0.346 e. The zero-order valence-electron chi connectivity index (χ0n) is 15.1. The summed E-state index contributed by atoms with van der Waals surface area (Å²) in [4.78, 5) is 25.6. The molecule has 2 aromatic heterocycles. The molecule has 7 heteroatoms. The highest BCUT2D eigenvalue weighted by molar-refractivity contribution is 5.92. The Balaban J connectivity index is 1.67. The molecule has 0 aromatic carbocycles. The predicted octanol–water partition coefficient (Wildman–Crippen LogP) is 0.607. The molecule has 1 amide bonds. The van der Waals surface area contributed by atoms with Crippen LogP contribution < -0.4 is 5.32 Å². The first-order chi connectivity index (χ1) is 12.0. The Morgan fingerprint density at radius 1 is 1.36 bits per heavy atom. The third-order valence-corrected chi connectivity index (χ3v) is 4.59. The fourth-order valence-electron chi connectivity index (χ4n) is 3.45. The molecule has 3 heterocycles. The van der Waals surface area contributed by atoms with Crippen LogP contribution >= 0.6 is 0 Å². The second-order valence-corrected chi connectivity index (χ2v) is 7.01. The predicted molar refractivity (Wildman–Crippen MR) is 96.0 cm³/mol. The molecule has 1 fully saturated rings. The van der Waals surface area contributed by atoms with Crippen molar-refractivity contribution in [2.24, 2.45) is 13.0 Å². The Morgan fingerprint density at radius 3 is 2.84 bits per heavy atom. The number of nitrogens with one attached hydrogen (secondary N) is 1. The number of rotatable bonds is 6. The highest BCUT2D eigenvalue weighted by Gasteiger charge is 2.34. The quantitative estimate of drug-likeness (QED) is 0.833. The number of hydrogen-bond acceptors (Lipinski definition) is 5. The number of aryl methyl sites for hydroxylation is 1. The van der Waals surface area contributed by atoms with Crippen molar-refractivity contribution in [2.45, 2.75) is 12.6 Å². The molecule has 1 aliphatic heterocycles. The van der Waals surface area contributed by atoms with Gasteiger partial charge in [0.05, 0.1) is 18.2 Å². The van der Waals surface area contributed by atoms with Gasteiger partial charge in [-0.25, -0.2) is 4.98 Å². The molecule has 2 atom stereocenters. The Hall–Kier alpha value is -2.25. The molecule has 2 aromatic rings. The van der Waals surface area contributed by atoms with E-state index >= 15 is 0 Å². The number of aromatic nitrogens is 3. The highest BCUT2D eigenvalue weighted by Crippen LogP contribution is 2.20. The molecule has 0 spiro atoms. The summed E-state index contributed by atoms with van der Waals surface area (Å²) in [6.07, 6.45) is 5.08. The maximum absolute atomic E-state index is 12.6. The number of imidazole rings is 1. The van der Waals surface area contributed by atoms with Gasteiger partial charge in [0, 0.05) is 51.4 Å². The zero-order chi connectivity index (χ0) is 17.8. The Bertz CT molecular complexity index is 699. The van der Waals surface area contributed by atoms with Crippen LogP contribution in [0.2, 0.25) is 0 Å². The first kappa shape index (κ1) is 17.6. The van der Waals surface area contributed by atoms with Crippen molar-refractivity contribution in [3.63, 3.8) is 0 Å². The Morgan fingerprint density at radius 2 is 2.20 bits per heavy atom. The third-order valence-electron chi connectivity index (χ3n) is 4.59. The van der Waals surface area contributed by atoms with E-state index in [4.69, 9.17) is 0 Å². The SMILES string of the molecule is CN(C)C[C@@H]1CN(Cc2ccccn2)C[C@H]1NC(=O)c1cncn1C. The Kier molecular flexibility index (Phi) is 5.45. The molecule has 0 unspecified atom stereocenters. The molecule has 1 saturated heterocycles. The summed E-state index contributed by atoms with van der Waals surface area (Å²) in [5.74, 6) is 0.323. The lowest BCUT2D eigenvalue weighted by atomic mass is 10.0. The van der Waals surface area contributed by atoms with E-state index in [1.807, 2.05) is 31.4 Å². The van der Waals surface area contributed by atoms with Crippen molar-refractivity contribution in [3.05, 3.63) is 48.3 Å². The molecule has 1 N–H and O–H groups in total. The second kappa shape index (κ2) is 7.76. The first-order valence-corrected chi connectivity index (χ1v) is 8.57. The maximum atomic E-state index is 12.6. The van der Waals surface area contributed by atoms with Crippen molar-refractivity contribution in [1.29, 1.82) is 0 Å². The van der Waals surface area contributed by atoms with E-state index in [-0.39, 0.29) is 11.9 Å². The van der Waals surface area contributed by atoms with Crippen LogP contribution in [0.15, 0.2) is 36.9 Å². The minimum Gasteiger partial charge on any atom is -0.346 e. The van der Waals surface area contributed by atoms with Crippen LogP contribution in [0, 0.1) is 5.92 Å². The van der Waals surface area contributed by atoms with E-state index in [2.05, 4.69) is 39.2 Å². The minimum absolute atomic E-state index is 0.0616. The van der Waals surface area contributed by atoms with Gasteiger partial charge in [-0.1, -0.05) is 6.07 Å². The van der Waals surface area contributed by atoms with Gasteiger partial charge < -0.3 is 14.8 Å². The zero-order valence-corrected chi connectivity index (χ0v) is 15.1. The minimum atomic E-state index is -0.0616. The number of hydrogen-bond donors (Lipinski definition) is 1. The molecular weight excluding hydrogens is 316 g/mol. The van der Waals surface area contributed by atoms with E-state index in [1.165, 1.54) is 0 Å². The number of amides is 1. The van der Waals surface area contributed by atoms with Crippen molar-refractivity contribution in [2.75, 3.05) is 33.7 Å². The third kappa shape index (κ3) is 4.43. The monoisotopic (exact) mass is 342 g/mol. The number of nitrogens with zero attached hydrogens (tertiary/aromatic N) is 5. The standard InChI is InChI=1S/C18H26N6O/c1-22(2)9-14-10-24(11-15-6-4-5-7-20-15)12-16(14)21-18(25)17-8-19-13-23(17)3/h4-8,13-14,16H,9-12H2,1-3H3,(H,21,25)/t14-,16-/m1/s1. The molecular formula is C18H26N6O. The van der Waals surface area contributed by atoms with Crippen molar-refractivity contribution >= 4 is 5.91 Å². The second-order valence-electron chi connectivity index (χ2n) is 7.01.